The minimum Gasteiger partial charge on any atom is -0.399 e. The Hall–Kier alpha value is -0.630. The van der Waals surface area contributed by atoms with Crippen LogP contribution in [0.25, 0.3) is 10.2 Å². The Kier molecular flexibility index (Phi) is 3.79. The van der Waals surface area contributed by atoms with Crippen molar-refractivity contribution in [1.29, 1.82) is 0 Å². The number of nitrogens with zero attached hydrogens (tertiary/aromatic N) is 2. The van der Waals surface area contributed by atoms with Gasteiger partial charge in [-0.1, -0.05) is 0 Å². The summed E-state index contributed by atoms with van der Waals surface area (Å²) in [5.74, 6) is 0. The molecule has 0 spiro atoms. The van der Waals surface area contributed by atoms with Crippen molar-refractivity contribution in [2.75, 3.05) is 5.73 Å². The van der Waals surface area contributed by atoms with E-state index in [2.05, 4.69) is 41.8 Å². The van der Waals surface area contributed by atoms with Gasteiger partial charge in [0.2, 0.25) is 0 Å². The van der Waals surface area contributed by atoms with Crippen molar-refractivity contribution in [3.05, 3.63) is 39.4 Å². The second kappa shape index (κ2) is 5.40. The quantitative estimate of drug-likeness (QED) is 0.600. The maximum Gasteiger partial charge on any atom is 0.157 e. The van der Waals surface area contributed by atoms with Gasteiger partial charge in [0.1, 0.15) is 5.03 Å². The summed E-state index contributed by atoms with van der Waals surface area (Å²) in [7, 11) is 0. The van der Waals surface area contributed by atoms with Crippen LogP contribution in [0.2, 0.25) is 0 Å². The predicted octanol–water partition coefficient (Wildman–Crippen LogP) is 4.95. The Balaban J connectivity index is 1.96. The molecule has 7 heteroatoms. The molecule has 0 saturated carbocycles. The molecule has 1 aromatic carbocycles. The number of thiazole rings is 1. The lowest BCUT2D eigenvalue weighted by atomic mass is 10.3. The smallest absolute Gasteiger partial charge is 0.157 e. The van der Waals surface area contributed by atoms with Crippen LogP contribution in [-0.2, 0) is 0 Å². The average molecular weight is 417 g/mol. The highest BCUT2D eigenvalue weighted by Crippen LogP contribution is 2.37. The first-order valence-corrected chi connectivity index (χ1v) is 8.49. The molecule has 0 saturated heterocycles. The van der Waals surface area contributed by atoms with Crippen molar-refractivity contribution >= 4 is 70.9 Å². The molecule has 2 aromatic heterocycles. The molecule has 0 bridgehead atoms. The first-order chi connectivity index (χ1) is 9.11. The van der Waals surface area contributed by atoms with Gasteiger partial charge in [0.15, 0.2) is 4.34 Å². The van der Waals surface area contributed by atoms with E-state index in [9.17, 15) is 0 Å². The monoisotopic (exact) mass is 415 g/mol. The molecule has 0 fully saturated rings. The van der Waals surface area contributed by atoms with E-state index >= 15 is 0 Å². The van der Waals surface area contributed by atoms with Crippen LogP contribution in [0.1, 0.15) is 0 Å². The van der Waals surface area contributed by atoms with Gasteiger partial charge in [0, 0.05) is 16.4 Å². The lowest BCUT2D eigenvalue weighted by Gasteiger charge is -2.00. The molecule has 3 rings (SSSR count). The van der Waals surface area contributed by atoms with E-state index in [1.165, 1.54) is 0 Å². The van der Waals surface area contributed by atoms with Crippen LogP contribution >= 0.6 is 55.0 Å². The van der Waals surface area contributed by atoms with Crippen LogP contribution in [0.5, 0.6) is 0 Å². The van der Waals surface area contributed by atoms with Gasteiger partial charge in [-0.25, -0.2) is 9.97 Å². The summed E-state index contributed by atoms with van der Waals surface area (Å²) in [6, 6.07) is 7.72. The van der Waals surface area contributed by atoms with Gasteiger partial charge in [-0.3, -0.25) is 0 Å². The Bertz CT molecular complexity index is 758. The molecule has 96 valence electrons. The number of pyridine rings is 1. The Morgan fingerprint density at radius 2 is 2.05 bits per heavy atom. The summed E-state index contributed by atoms with van der Waals surface area (Å²) >= 11 is 10.1. The third-order valence-electron chi connectivity index (χ3n) is 2.35. The number of halogens is 2. The number of rotatable bonds is 2. The van der Waals surface area contributed by atoms with E-state index in [0.29, 0.717) is 0 Å². The van der Waals surface area contributed by atoms with Crippen LogP contribution in [-0.4, -0.2) is 9.97 Å². The molecule has 0 aliphatic heterocycles. The molecule has 3 aromatic rings. The molecule has 0 amide bonds. The molecule has 0 atom stereocenters. The first kappa shape index (κ1) is 13.4. The van der Waals surface area contributed by atoms with Crippen LogP contribution in [0.15, 0.2) is 48.8 Å². The first-order valence-electron chi connectivity index (χ1n) is 5.27. The number of anilines is 1. The van der Waals surface area contributed by atoms with Crippen molar-refractivity contribution in [1.82, 2.24) is 9.97 Å². The maximum absolute atomic E-state index is 5.77. The zero-order valence-corrected chi connectivity index (χ0v) is 14.2. The summed E-state index contributed by atoms with van der Waals surface area (Å²) in [5, 5.41) is 0.898. The summed E-state index contributed by atoms with van der Waals surface area (Å²) in [4.78, 5) is 8.94. The largest absolute Gasteiger partial charge is 0.399 e. The fourth-order valence-electron chi connectivity index (χ4n) is 1.52. The fourth-order valence-corrected chi connectivity index (χ4v) is 4.74. The van der Waals surface area contributed by atoms with Crippen LogP contribution in [0.3, 0.4) is 0 Å². The molecule has 19 heavy (non-hydrogen) atoms. The fraction of sp³-hybridized carbons (Fsp3) is 0. The molecule has 0 radical (unpaired) electrons. The number of benzene rings is 1. The summed E-state index contributed by atoms with van der Waals surface area (Å²) < 4.78 is 3.94. The summed E-state index contributed by atoms with van der Waals surface area (Å²) in [5.41, 5.74) is 7.50. The van der Waals surface area contributed by atoms with E-state index in [-0.39, 0.29) is 0 Å². The molecule has 0 aliphatic rings. The van der Waals surface area contributed by atoms with E-state index in [0.717, 1.165) is 34.2 Å². The van der Waals surface area contributed by atoms with E-state index in [1.807, 2.05) is 24.3 Å². The standard InChI is InChI=1S/C12H7Br2N3S2/c13-6-3-8(14)11(16-5-6)19-12-17-9-2-1-7(15)4-10(9)18-12/h1-5H,15H2. The van der Waals surface area contributed by atoms with Gasteiger partial charge in [-0.2, -0.15) is 0 Å². The van der Waals surface area contributed by atoms with Gasteiger partial charge in [-0.05, 0) is 67.9 Å². The normalized spacial score (nSPS) is 11.1. The lowest BCUT2D eigenvalue weighted by molar-refractivity contribution is 1.09. The summed E-state index contributed by atoms with van der Waals surface area (Å²) in [6.45, 7) is 0. The van der Waals surface area contributed by atoms with E-state index in [4.69, 9.17) is 5.73 Å². The second-order valence-corrected chi connectivity index (χ2v) is 7.79. The zero-order valence-electron chi connectivity index (χ0n) is 9.43. The van der Waals surface area contributed by atoms with Gasteiger partial charge in [0.05, 0.1) is 14.7 Å². The maximum atomic E-state index is 5.77. The van der Waals surface area contributed by atoms with E-state index < -0.39 is 0 Å². The number of hydrogen-bond acceptors (Lipinski definition) is 5. The third kappa shape index (κ3) is 2.94. The molecule has 3 nitrogen and oxygen atoms in total. The van der Waals surface area contributed by atoms with E-state index in [1.54, 1.807) is 29.3 Å². The molecular weight excluding hydrogens is 410 g/mol. The van der Waals surface area contributed by atoms with Crippen LogP contribution in [0, 0.1) is 0 Å². The lowest BCUT2D eigenvalue weighted by Crippen LogP contribution is -1.82. The Morgan fingerprint density at radius 1 is 1.21 bits per heavy atom. The number of hydrogen-bond donors (Lipinski definition) is 1. The third-order valence-corrected chi connectivity index (χ3v) is 5.75. The number of nitrogen functional groups attached to an aromatic ring is 1. The zero-order chi connectivity index (χ0) is 13.4. The molecule has 2 heterocycles. The van der Waals surface area contributed by atoms with Crippen molar-refractivity contribution in [2.24, 2.45) is 0 Å². The highest BCUT2D eigenvalue weighted by atomic mass is 79.9. The average Bonchev–Trinajstić information content (AvgIpc) is 2.74. The molecule has 0 unspecified atom stereocenters. The minimum atomic E-state index is 0.760. The van der Waals surface area contributed by atoms with Gasteiger partial charge in [-0.15, -0.1) is 11.3 Å². The second-order valence-electron chi connectivity index (χ2n) is 3.75. The van der Waals surface area contributed by atoms with Gasteiger partial charge < -0.3 is 5.73 Å². The molecule has 2 N–H and O–H groups in total. The van der Waals surface area contributed by atoms with Crippen LogP contribution in [0.4, 0.5) is 5.69 Å². The number of aromatic nitrogens is 2. The van der Waals surface area contributed by atoms with Crippen molar-refractivity contribution in [2.45, 2.75) is 9.37 Å². The van der Waals surface area contributed by atoms with Gasteiger partial charge >= 0.3 is 0 Å². The summed E-state index contributed by atoms with van der Waals surface area (Å²) in [6.07, 6.45) is 1.78. The number of nitrogens with two attached hydrogens (primary N) is 1. The van der Waals surface area contributed by atoms with Gasteiger partial charge in [0.25, 0.3) is 0 Å². The topological polar surface area (TPSA) is 51.8 Å². The Labute approximate surface area is 134 Å². The van der Waals surface area contributed by atoms with Crippen molar-refractivity contribution in [3.63, 3.8) is 0 Å². The Morgan fingerprint density at radius 3 is 2.84 bits per heavy atom. The van der Waals surface area contributed by atoms with Crippen molar-refractivity contribution in [3.8, 4) is 0 Å². The highest BCUT2D eigenvalue weighted by molar-refractivity contribution is 9.11. The predicted molar refractivity (Wildman–Crippen MR) is 87.8 cm³/mol. The van der Waals surface area contributed by atoms with Crippen LogP contribution < -0.4 is 5.73 Å². The number of fused-ring (bicyclic) bond motifs is 1. The highest BCUT2D eigenvalue weighted by Gasteiger charge is 2.09. The molecular formula is C12H7Br2N3S2. The van der Waals surface area contributed by atoms with Crippen molar-refractivity contribution < 1.29 is 0 Å². The molecule has 0 aliphatic carbocycles. The SMILES string of the molecule is Nc1ccc2nc(Sc3ncc(Br)cc3Br)sc2c1. The minimum absolute atomic E-state index is 0.760.